The van der Waals surface area contributed by atoms with E-state index in [1.165, 1.54) is 37.7 Å². The Morgan fingerprint density at radius 1 is 1.06 bits per heavy atom. The van der Waals surface area contributed by atoms with Crippen LogP contribution >= 0.6 is 0 Å². The molecule has 1 N–H and O–H groups in total. The number of hydrogen-bond donors (Lipinski definition) is 1. The molecule has 0 unspecified atom stereocenters. The zero-order chi connectivity index (χ0) is 24.8. The maximum atomic E-state index is 6.13. The molecular weight excluding hydrogens is 434 g/mol. The van der Waals surface area contributed by atoms with Crippen LogP contribution in [0.25, 0.3) is 10.9 Å². The number of ether oxygens (including phenoxy) is 1. The van der Waals surface area contributed by atoms with Crippen molar-refractivity contribution in [1.82, 2.24) is 19.8 Å². The zero-order valence-electron chi connectivity index (χ0n) is 22.8. The van der Waals surface area contributed by atoms with Crippen LogP contribution < -0.4 is 10.1 Å². The molecule has 0 spiro atoms. The van der Waals surface area contributed by atoms with Gasteiger partial charge < -0.3 is 19.9 Å². The molecule has 1 aliphatic heterocycles. The minimum atomic E-state index is 0.456. The van der Waals surface area contributed by atoms with E-state index in [4.69, 9.17) is 14.7 Å². The normalized spacial score (nSPS) is 18.6. The SMILES string of the molecule is CCOc1cc2c(NC3CCN(C(C)C)CC3)nc(C3CCCCC3)nc2cc1CCCN(C)C. The number of hydrogen-bond acceptors (Lipinski definition) is 6. The third kappa shape index (κ3) is 6.85. The predicted molar refractivity (Wildman–Crippen MR) is 147 cm³/mol. The van der Waals surface area contributed by atoms with Crippen LogP contribution in [0.5, 0.6) is 5.75 Å². The molecule has 194 valence electrons. The Labute approximate surface area is 212 Å². The Morgan fingerprint density at radius 3 is 2.46 bits per heavy atom. The lowest BCUT2D eigenvalue weighted by Crippen LogP contribution is -2.42. The van der Waals surface area contributed by atoms with Gasteiger partial charge >= 0.3 is 0 Å². The summed E-state index contributed by atoms with van der Waals surface area (Å²) in [5, 5.41) is 4.98. The molecule has 35 heavy (non-hydrogen) atoms. The van der Waals surface area contributed by atoms with Gasteiger partial charge in [0, 0.05) is 36.5 Å². The Morgan fingerprint density at radius 2 is 1.80 bits per heavy atom. The predicted octanol–water partition coefficient (Wildman–Crippen LogP) is 5.86. The van der Waals surface area contributed by atoms with Gasteiger partial charge in [0.2, 0.25) is 0 Å². The molecule has 6 nitrogen and oxygen atoms in total. The monoisotopic (exact) mass is 481 g/mol. The molecule has 4 rings (SSSR count). The highest BCUT2D eigenvalue weighted by Crippen LogP contribution is 2.36. The molecule has 0 radical (unpaired) electrons. The number of piperidine rings is 1. The molecule has 1 saturated heterocycles. The van der Waals surface area contributed by atoms with E-state index in [9.17, 15) is 0 Å². The molecule has 1 saturated carbocycles. The van der Waals surface area contributed by atoms with Gasteiger partial charge in [-0.05, 0) is 97.6 Å². The van der Waals surface area contributed by atoms with Gasteiger partial charge in [-0.3, -0.25) is 0 Å². The fraction of sp³-hybridized carbons (Fsp3) is 0.724. The van der Waals surface area contributed by atoms with Crippen molar-refractivity contribution < 1.29 is 4.74 Å². The van der Waals surface area contributed by atoms with Gasteiger partial charge in [-0.2, -0.15) is 0 Å². The average molecular weight is 482 g/mol. The third-order valence-corrected chi connectivity index (χ3v) is 7.82. The van der Waals surface area contributed by atoms with E-state index >= 15 is 0 Å². The molecule has 2 aliphatic rings. The van der Waals surface area contributed by atoms with Crippen molar-refractivity contribution in [3.8, 4) is 5.75 Å². The van der Waals surface area contributed by atoms with Crippen LogP contribution in [0.3, 0.4) is 0 Å². The van der Waals surface area contributed by atoms with E-state index in [-0.39, 0.29) is 0 Å². The van der Waals surface area contributed by atoms with Crippen molar-refractivity contribution in [1.29, 1.82) is 0 Å². The van der Waals surface area contributed by atoms with E-state index < -0.39 is 0 Å². The first kappa shape index (κ1) is 26.2. The zero-order valence-corrected chi connectivity index (χ0v) is 22.8. The number of rotatable bonds is 10. The molecule has 2 fully saturated rings. The summed E-state index contributed by atoms with van der Waals surface area (Å²) < 4.78 is 6.13. The van der Waals surface area contributed by atoms with Crippen molar-refractivity contribution in [3.63, 3.8) is 0 Å². The van der Waals surface area contributed by atoms with Gasteiger partial charge in [0.15, 0.2) is 0 Å². The number of nitrogens with zero attached hydrogens (tertiary/aromatic N) is 4. The van der Waals surface area contributed by atoms with Crippen molar-refractivity contribution in [3.05, 3.63) is 23.5 Å². The van der Waals surface area contributed by atoms with E-state index in [1.54, 1.807) is 0 Å². The number of fused-ring (bicyclic) bond motifs is 1. The van der Waals surface area contributed by atoms with Crippen molar-refractivity contribution in [2.75, 3.05) is 45.7 Å². The summed E-state index contributed by atoms with van der Waals surface area (Å²) in [5.74, 6) is 3.53. The molecule has 1 aromatic carbocycles. The van der Waals surface area contributed by atoms with E-state index in [1.807, 2.05) is 0 Å². The molecule has 2 aromatic rings. The molecule has 0 amide bonds. The second-order valence-electron chi connectivity index (χ2n) is 11.1. The van der Waals surface area contributed by atoms with Crippen molar-refractivity contribution in [2.45, 2.75) is 96.6 Å². The molecule has 6 heteroatoms. The van der Waals surface area contributed by atoms with E-state index in [0.29, 0.717) is 24.6 Å². The maximum absolute atomic E-state index is 6.13. The Hall–Kier alpha value is -1.92. The van der Waals surface area contributed by atoms with Gasteiger partial charge in [-0.25, -0.2) is 9.97 Å². The van der Waals surface area contributed by atoms with Crippen LogP contribution in [0.15, 0.2) is 12.1 Å². The average Bonchev–Trinajstić information content (AvgIpc) is 2.85. The number of aryl methyl sites for hydroxylation is 1. The first-order valence-electron chi connectivity index (χ1n) is 14.1. The highest BCUT2D eigenvalue weighted by Gasteiger charge is 2.24. The second-order valence-corrected chi connectivity index (χ2v) is 11.1. The van der Waals surface area contributed by atoms with Gasteiger partial charge in [-0.1, -0.05) is 19.3 Å². The molecule has 1 aliphatic carbocycles. The van der Waals surface area contributed by atoms with Crippen LogP contribution in [-0.4, -0.2) is 72.2 Å². The van der Waals surface area contributed by atoms with Crippen LogP contribution in [-0.2, 0) is 6.42 Å². The molecular formula is C29H47N5O. The van der Waals surface area contributed by atoms with Crippen LogP contribution in [0, 0.1) is 0 Å². The number of aromatic nitrogens is 2. The van der Waals surface area contributed by atoms with Gasteiger partial charge in [-0.15, -0.1) is 0 Å². The lowest BCUT2D eigenvalue weighted by atomic mass is 9.88. The summed E-state index contributed by atoms with van der Waals surface area (Å²) in [6, 6.07) is 5.57. The van der Waals surface area contributed by atoms with E-state index in [0.717, 1.165) is 73.6 Å². The van der Waals surface area contributed by atoms with Crippen LogP contribution in [0.1, 0.15) is 89.4 Å². The summed E-state index contributed by atoms with van der Waals surface area (Å²) >= 11 is 0. The van der Waals surface area contributed by atoms with Crippen LogP contribution in [0.4, 0.5) is 5.82 Å². The molecule has 0 atom stereocenters. The second kappa shape index (κ2) is 12.4. The Balaban J connectivity index is 1.67. The summed E-state index contributed by atoms with van der Waals surface area (Å²) in [6.45, 7) is 10.7. The van der Waals surface area contributed by atoms with Gasteiger partial charge in [0.1, 0.15) is 17.4 Å². The third-order valence-electron chi connectivity index (χ3n) is 7.82. The smallest absolute Gasteiger partial charge is 0.138 e. The number of likely N-dealkylation sites (tertiary alicyclic amines) is 1. The van der Waals surface area contributed by atoms with Crippen molar-refractivity contribution >= 4 is 16.7 Å². The highest BCUT2D eigenvalue weighted by atomic mass is 16.5. The van der Waals surface area contributed by atoms with Gasteiger partial charge in [0.05, 0.1) is 12.1 Å². The largest absolute Gasteiger partial charge is 0.494 e. The highest BCUT2D eigenvalue weighted by molar-refractivity contribution is 5.91. The minimum Gasteiger partial charge on any atom is -0.494 e. The fourth-order valence-corrected chi connectivity index (χ4v) is 5.69. The Bertz CT molecular complexity index is 946. The summed E-state index contributed by atoms with van der Waals surface area (Å²) in [7, 11) is 4.27. The topological polar surface area (TPSA) is 53.5 Å². The maximum Gasteiger partial charge on any atom is 0.138 e. The van der Waals surface area contributed by atoms with Crippen LogP contribution in [0.2, 0.25) is 0 Å². The fourth-order valence-electron chi connectivity index (χ4n) is 5.69. The Kier molecular flexibility index (Phi) is 9.23. The quantitative estimate of drug-likeness (QED) is 0.459. The summed E-state index contributed by atoms with van der Waals surface area (Å²) in [6.07, 6.45) is 10.8. The molecule has 2 heterocycles. The molecule has 1 aromatic heterocycles. The minimum absolute atomic E-state index is 0.456. The lowest BCUT2D eigenvalue weighted by molar-refractivity contribution is 0.177. The first-order chi connectivity index (χ1) is 16.9. The number of benzene rings is 1. The summed E-state index contributed by atoms with van der Waals surface area (Å²) in [4.78, 5) is 15.2. The van der Waals surface area contributed by atoms with Gasteiger partial charge in [0.25, 0.3) is 0 Å². The first-order valence-corrected chi connectivity index (χ1v) is 14.1. The lowest BCUT2D eigenvalue weighted by Gasteiger charge is -2.35. The number of anilines is 1. The standard InChI is InChI=1S/C29H47N5O/c1-6-35-27-20-25-26(19-23(27)13-10-16-33(4)5)31-28(22-11-8-7-9-12-22)32-29(25)30-24-14-17-34(18-15-24)21(2)3/h19-22,24H,6-18H2,1-5H3,(H,30,31,32). The summed E-state index contributed by atoms with van der Waals surface area (Å²) in [5.41, 5.74) is 2.34. The number of nitrogens with one attached hydrogen (secondary N) is 1. The van der Waals surface area contributed by atoms with E-state index in [2.05, 4.69) is 62.1 Å². The molecule has 0 bridgehead atoms. The van der Waals surface area contributed by atoms with Crippen molar-refractivity contribution in [2.24, 2.45) is 0 Å².